The van der Waals surface area contributed by atoms with Gasteiger partial charge in [0.25, 0.3) is 0 Å². The van der Waals surface area contributed by atoms with E-state index >= 15 is 0 Å². The Morgan fingerprint density at radius 2 is 1.04 bits per heavy atom. The molecular weight excluding hydrogens is 565 g/mol. The van der Waals surface area contributed by atoms with Crippen LogP contribution in [0.5, 0.6) is 0 Å². The van der Waals surface area contributed by atoms with Crippen molar-refractivity contribution in [3.63, 3.8) is 0 Å². The maximum absolute atomic E-state index is 6.64. The van der Waals surface area contributed by atoms with Crippen molar-refractivity contribution < 1.29 is 4.42 Å². The molecule has 0 N–H and O–H groups in total. The number of hydrogen-bond acceptors (Lipinski definition) is 2. The zero-order valence-corrected chi connectivity index (χ0v) is 25.1. The average Bonchev–Trinajstić information content (AvgIpc) is 3.75. The van der Waals surface area contributed by atoms with Crippen molar-refractivity contribution >= 4 is 53.4 Å². The van der Waals surface area contributed by atoms with E-state index in [0.29, 0.717) is 0 Å². The summed E-state index contributed by atoms with van der Waals surface area (Å²) in [5.41, 5.74) is 11.5. The summed E-state index contributed by atoms with van der Waals surface area (Å²) in [6.45, 7) is 0. The van der Waals surface area contributed by atoms with Gasteiger partial charge in [-0.1, -0.05) is 121 Å². The summed E-state index contributed by atoms with van der Waals surface area (Å²) < 4.78 is 9.29. The molecule has 45 heavy (non-hydrogen) atoms. The molecule has 9 aromatic rings. The van der Waals surface area contributed by atoms with Crippen LogP contribution in [-0.2, 0) is 5.41 Å². The Morgan fingerprint density at radius 1 is 0.400 bits per heavy atom. The Balaban J connectivity index is 1.22. The van der Waals surface area contributed by atoms with Crippen LogP contribution in [0.3, 0.4) is 0 Å². The minimum Gasteiger partial charge on any atom is -0.456 e. The molecule has 0 unspecified atom stereocenters. The Bertz CT molecular complexity index is 2550. The lowest BCUT2D eigenvalue weighted by molar-refractivity contribution is 0.666. The van der Waals surface area contributed by atoms with E-state index in [9.17, 15) is 0 Å². The minimum absolute atomic E-state index is 0.438. The van der Waals surface area contributed by atoms with Crippen LogP contribution in [0.2, 0.25) is 0 Å². The first-order valence-electron chi connectivity index (χ1n) is 15.4. The summed E-state index contributed by atoms with van der Waals surface area (Å²) in [6.07, 6.45) is 0. The maximum atomic E-state index is 6.64. The standard InChI is InChI=1S/C43H26OS/c1-3-11-29(12-4-1)43(30-13-5-2-6-14-30)37-17-9-7-15-31(37)34-25-36-35-23-27(20-22-39(35)44-40(36)26-38(34)43)28-19-21-33-32-16-8-10-18-41(32)45-42(33)24-28/h1-26H. The molecule has 0 amide bonds. The third-order valence-corrected chi connectivity index (χ3v) is 10.9. The first-order chi connectivity index (χ1) is 22.3. The van der Waals surface area contributed by atoms with Gasteiger partial charge in [-0.25, -0.2) is 0 Å². The molecule has 10 rings (SSSR count). The highest BCUT2D eigenvalue weighted by Crippen LogP contribution is 2.57. The minimum atomic E-state index is -0.438. The van der Waals surface area contributed by atoms with Crippen LogP contribution in [0.25, 0.3) is 64.4 Å². The largest absolute Gasteiger partial charge is 0.456 e. The van der Waals surface area contributed by atoms with Crippen LogP contribution in [0.4, 0.5) is 0 Å². The topological polar surface area (TPSA) is 13.1 Å². The summed E-state index contributed by atoms with van der Waals surface area (Å²) in [4.78, 5) is 0. The van der Waals surface area contributed by atoms with Gasteiger partial charge in [-0.3, -0.25) is 0 Å². The van der Waals surface area contributed by atoms with E-state index in [-0.39, 0.29) is 0 Å². The fourth-order valence-corrected chi connectivity index (χ4v) is 8.94. The first-order valence-corrected chi connectivity index (χ1v) is 16.2. The van der Waals surface area contributed by atoms with Crippen molar-refractivity contribution in [2.45, 2.75) is 5.41 Å². The highest BCUT2D eigenvalue weighted by molar-refractivity contribution is 7.25. The molecule has 0 saturated heterocycles. The number of fused-ring (bicyclic) bond motifs is 9. The lowest BCUT2D eigenvalue weighted by Crippen LogP contribution is -2.28. The van der Waals surface area contributed by atoms with Crippen LogP contribution < -0.4 is 0 Å². The normalized spacial score (nSPS) is 13.5. The van der Waals surface area contributed by atoms with Gasteiger partial charge < -0.3 is 4.42 Å². The molecule has 2 heterocycles. The van der Waals surface area contributed by atoms with Crippen molar-refractivity contribution in [1.29, 1.82) is 0 Å². The second-order valence-electron chi connectivity index (χ2n) is 12.0. The Hall–Kier alpha value is -5.44. The van der Waals surface area contributed by atoms with Crippen LogP contribution in [-0.4, -0.2) is 0 Å². The molecule has 0 spiro atoms. The molecule has 0 bridgehead atoms. The zero-order chi connectivity index (χ0) is 29.5. The van der Waals surface area contributed by atoms with E-state index in [2.05, 4.69) is 158 Å². The highest BCUT2D eigenvalue weighted by Gasteiger charge is 2.46. The van der Waals surface area contributed by atoms with E-state index in [1.165, 1.54) is 64.7 Å². The second kappa shape index (κ2) is 9.28. The van der Waals surface area contributed by atoms with Crippen molar-refractivity contribution in [3.05, 3.63) is 180 Å². The highest BCUT2D eigenvalue weighted by atomic mass is 32.1. The molecule has 210 valence electrons. The molecule has 2 aromatic heterocycles. The van der Waals surface area contributed by atoms with Gasteiger partial charge in [0.05, 0.1) is 5.41 Å². The predicted molar refractivity (Wildman–Crippen MR) is 189 cm³/mol. The Morgan fingerprint density at radius 3 is 1.87 bits per heavy atom. The smallest absolute Gasteiger partial charge is 0.135 e. The fraction of sp³-hybridized carbons (Fsp3) is 0.0233. The summed E-state index contributed by atoms with van der Waals surface area (Å²) in [5, 5.41) is 4.96. The number of hydrogen-bond donors (Lipinski definition) is 0. The SMILES string of the molecule is c1ccc(C2(c3ccccc3)c3ccccc3-c3cc4c(cc32)oc2ccc(-c3ccc5c(c3)sc3ccccc35)cc24)cc1. The fourth-order valence-electron chi connectivity index (χ4n) is 7.80. The van der Waals surface area contributed by atoms with Gasteiger partial charge in [-0.05, 0) is 80.9 Å². The van der Waals surface area contributed by atoms with Crippen LogP contribution >= 0.6 is 11.3 Å². The lowest BCUT2D eigenvalue weighted by Gasteiger charge is -2.33. The van der Waals surface area contributed by atoms with Crippen LogP contribution in [0.1, 0.15) is 22.3 Å². The van der Waals surface area contributed by atoms with E-state index in [4.69, 9.17) is 4.42 Å². The molecule has 0 fully saturated rings. The summed E-state index contributed by atoms with van der Waals surface area (Å²) in [6, 6.07) is 57.7. The third kappa shape index (κ3) is 3.43. The first kappa shape index (κ1) is 24.9. The van der Waals surface area contributed by atoms with E-state index in [1.807, 2.05) is 11.3 Å². The number of benzene rings is 7. The Kier molecular flexibility index (Phi) is 5.14. The van der Waals surface area contributed by atoms with E-state index in [1.54, 1.807) is 0 Å². The van der Waals surface area contributed by atoms with Crippen molar-refractivity contribution in [2.24, 2.45) is 0 Å². The third-order valence-electron chi connectivity index (χ3n) is 9.76. The summed E-state index contributed by atoms with van der Waals surface area (Å²) in [5.74, 6) is 0. The summed E-state index contributed by atoms with van der Waals surface area (Å²) >= 11 is 1.86. The average molecular weight is 591 g/mol. The van der Waals surface area contributed by atoms with Gasteiger partial charge in [0.15, 0.2) is 0 Å². The molecule has 0 saturated carbocycles. The zero-order valence-electron chi connectivity index (χ0n) is 24.3. The molecule has 0 radical (unpaired) electrons. The predicted octanol–water partition coefficient (Wildman–Crippen LogP) is 12.0. The number of furan rings is 1. The van der Waals surface area contributed by atoms with Gasteiger partial charge in [0, 0.05) is 30.9 Å². The molecule has 0 aliphatic heterocycles. The van der Waals surface area contributed by atoms with Crippen molar-refractivity contribution in [2.75, 3.05) is 0 Å². The van der Waals surface area contributed by atoms with Gasteiger partial charge in [-0.15, -0.1) is 11.3 Å². The van der Waals surface area contributed by atoms with Gasteiger partial charge in [0.2, 0.25) is 0 Å². The number of thiophene rings is 1. The molecule has 1 nitrogen and oxygen atoms in total. The monoisotopic (exact) mass is 590 g/mol. The lowest BCUT2D eigenvalue weighted by atomic mass is 9.67. The van der Waals surface area contributed by atoms with Crippen molar-refractivity contribution in [3.8, 4) is 22.3 Å². The maximum Gasteiger partial charge on any atom is 0.135 e. The molecule has 0 atom stereocenters. The Labute approximate surface area is 264 Å². The van der Waals surface area contributed by atoms with Gasteiger partial charge in [-0.2, -0.15) is 0 Å². The van der Waals surface area contributed by atoms with Crippen LogP contribution in [0, 0.1) is 0 Å². The van der Waals surface area contributed by atoms with E-state index < -0.39 is 5.41 Å². The van der Waals surface area contributed by atoms with Crippen molar-refractivity contribution in [1.82, 2.24) is 0 Å². The van der Waals surface area contributed by atoms with Gasteiger partial charge >= 0.3 is 0 Å². The molecule has 1 aliphatic rings. The van der Waals surface area contributed by atoms with E-state index in [0.717, 1.165) is 21.9 Å². The second-order valence-corrected chi connectivity index (χ2v) is 13.1. The molecule has 2 heteroatoms. The summed E-state index contributed by atoms with van der Waals surface area (Å²) in [7, 11) is 0. The van der Waals surface area contributed by atoms with Gasteiger partial charge in [0.1, 0.15) is 11.2 Å². The quantitative estimate of drug-likeness (QED) is 0.199. The molecule has 7 aromatic carbocycles. The molecule has 1 aliphatic carbocycles. The molecular formula is C43H26OS. The van der Waals surface area contributed by atoms with Crippen LogP contribution in [0.15, 0.2) is 162 Å². The number of rotatable bonds is 3.